The molecule has 1 aliphatic heterocycles. The Hall–Kier alpha value is -3.29. The molecule has 1 aromatic carbocycles. The molecule has 0 radical (unpaired) electrons. The fraction of sp³-hybridized carbons (Fsp3) is 0.333. The van der Waals surface area contributed by atoms with Gasteiger partial charge in [-0.05, 0) is 49.2 Å². The van der Waals surface area contributed by atoms with E-state index in [1.165, 1.54) is 0 Å². The van der Waals surface area contributed by atoms with Crippen molar-refractivity contribution in [3.63, 3.8) is 0 Å². The number of aromatic nitrogens is 3. The average Bonchev–Trinajstić information content (AvgIpc) is 3.19. The lowest BCUT2D eigenvalue weighted by Crippen LogP contribution is -2.45. The van der Waals surface area contributed by atoms with Crippen molar-refractivity contribution in [1.82, 2.24) is 20.0 Å². The smallest absolute Gasteiger partial charge is 0.321 e. The topological polar surface area (TPSA) is 84.2 Å². The lowest BCUT2D eigenvalue weighted by Gasteiger charge is -2.34. The van der Waals surface area contributed by atoms with E-state index in [4.69, 9.17) is 4.52 Å². The van der Waals surface area contributed by atoms with E-state index in [2.05, 4.69) is 20.4 Å². The second-order valence-electron chi connectivity index (χ2n) is 7.42. The van der Waals surface area contributed by atoms with Gasteiger partial charge in [-0.3, -0.25) is 4.98 Å². The van der Waals surface area contributed by atoms with Gasteiger partial charge in [-0.2, -0.15) is 4.98 Å². The van der Waals surface area contributed by atoms with Gasteiger partial charge in [0.25, 0.3) is 5.89 Å². The van der Waals surface area contributed by atoms with Gasteiger partial charge in [-0.25, -0.2) is 9.18 Å². The Bertz CT molecular complexity index is 993. The normalized spacial score (nSPS) is 15.9. The summed E-state index contributed by atoms with van der Waals surface area (Å²) in [5.74, 6) is 0.285. The minimum atomic E-state index is -1.74. The lowest BCUT2D eigenvalue weighted by molar-refractivity contribution is 0.0411. The largest absolute Gasteiger partial charge is 0.335 e. The van der Waals surface area contributed by atoms with Crippen molar-refractivity contribution in [1.29, 1.82) is 0 Å². The van der Waals surface area contributed by atoms with Gasteiger partial charge in [0.2, 0.25) is 5.82 Å². The summed E-state index contributed by atoms with van der Waals surface area (Å²) in [5, 5.41) is 6.78. The number of likely N-dealkylation sites (tertiary alicyclic amines) is 1. The Balaban J connectivity index is 1.40. The number of hydrogen-bond acceptors (Lipinski definition) is 5. The molecule has 0 bridgehead atoms. The van der Waals surface area contributed by atoms with Crippen LogP contribution < -0.4 is 5.32 Å². The number of rotatable bonds is 3. The third-order valence-corrected chi connectivity index (χ3v) is 5.06. The number of urea groups is 1. The van der Waals surface area contributed by atoms with Gasteiger partial charge in [0, 0.05) is 49.6 Å². The number of anilines is 1. The number of aryl methyl sites for hydroxylation is 2. The van der Waals surface area contributed by atoms with Crippen LogP contribution in [0.25, 0.3) is 11.4 Å². The first-order chi connectivity index (χ1) is 13.9. The zero-order chi connectivity index (χ0) is 20.4. The van der Waals surface area contributed by atoms with Gasteiger partial charge in [0.05, 0.1) is 0 Å². The summed E-state index contributed by atoms with van der Waals surface area (Å²) >= 11 is 0. The number of amides is 2. The number of carbonyl (C=O) groups excluding carboxylic acids is 1. The molecule has 8 heteroatoms. The number of nitrogens with one attached hydrogen (secondary N) is 1. The predicted octanol–water partition coefficient (Wildman–Crippen LogP) is 4.24. The number of carbonyl (C=O) groups is 1. The first kappa shape index (κ1) is 19.0. The molecular weight excluding hydrogens is 373 g/mol. The van der Waals surface area contributed by atoms with Crippen molar-refractivity contribution in [2.24, 2.45) is 0 Å². The van der Waals surface area contributed by atoms with Crippen molar-refractivity contribution in [3.8, 4) is 11.4 Å². The van der Waals surface area contributed by atoms with Crippen LogP contribution in [0.1, 0.15) is 29.9 Å². The van der Waals surface area contributed by atoms with Crippen LogP contribution in [0.15, 0.2) is 47.2 Å². The van der Waals surface area contributed by atoms with Crippen molar-refractivity contribution < 1.29 is 13.7 Å². The van der Waals surface area contributed by atoms with E-state index in [9.17, 15) is 4.79 Å². The highest BCUT2D eigenvalue weighted by molar-refractivity contribution is 5.89. The number of alkyl halides is 1. The summed E-state index contributed by atoms with van der Waals surface area (Å²) in [7, 11) is 0. The van der Waals surface area contributed by atoms with Gasteiger partial charge < -0.3 is 14.7 Å². The maximum atomic E-state index is 15.4. The zero-order valence-electron chi connectivity index (χ0n) is 16.4. The molecule has 4 rings (SSSR count). The van der Waals surface area contributed by atoms with E-state index in [0.29, 0.717) is 11.4 Å². The third-order valence-electron chi connectivity index (χ3n) is 5.06. The van der Waals surface area contributed by atoms with Gasteiger partial charge in [-0.1, -0.05) is 11.2 Å². The SMILES string of the molecule is Cc1cc(C)cc(NC(=O)N2CCC(F)(c3nc(-c4ccncc4)no3)CC2)c1. The molecule has 1 N–H and O–H groups in total. The summed E-state index contributed by atoms with van der Waals surface area (Å²) in [6, 6.07) is 9.10. The number of benzene rings is 1. The third kappa shape index (κ3) is 4.11. The first-order valence-electron chi connectivity index (χ1n) is 9.51. The van der Waals surface area contributed by atoms with Crippen LogP contribution in [0.4, 0.5) is 14.9 Å². The van der Waals surface area contributed by atoms with Crippen LogP contribution in [0.5, 0.6) is 0 Å². The number of halogens is 1. The molecule has 0 saturated carbocycles. The van der Waals surface area contributed by atoms with E-state index >= 15 is 4.39 Å². The monoisotopic (exact) mass is 395 g/mol. The minimum absolute atomic E-state index is 0.0429. The number of hydrogen-bond donors (Lipinski definition) is 1. The minimum Gasteiger partial charge on any atom is -0.335 e. The predicted molar refractivity (Wildman–Crippen MR) is 106 cm³/mol. The highest BCUT2D eigenvalue weighted by Crippen LogP contribution is 2.37. The zero-order valence-corrected chi connectivity index (χ0v) is 16.4. The van der Waals surface area contributed by atoms with Crippen molar-refractivity contribution in [2.45, 2.75) is 32.4 Å². The molecule has 2 amide bonds. The highest BCUT2D eigenvalue weighted by atomic mass is 19.1. The maximum absolute atomic E-state index is 15.4. The van der Waals surface area contributed by atoms with E-state index in [1.807, 2.05) is 32.0 Å². The Kier molecular flexibility index (Phi) is 5.00. The second-order valence-corrected chi connectivity index (χ2v) is 7.42. The standard InChI is InChI=1S/C21H22FN5O2/c1-14-11-15(2)13-17(12-14)24-20(28)27-9-5-21(22,6-10-27)19-25-18(26-29-19)16-3-7-23-8-4-16/h3-4,7-8,11-13H,5-6,9-10H2,1-2H3,(H,24,28). The number of pyridine rings is 1. The summed E-state index contributed by atoms with van der Waals surface area (Å²) in [5.41, 5.74) is 1.85. The van der Waals surface area contributed by atoms with Crippen LogP contribution >= 0.6 is 0 Å². The van der Waals surface area contributed by atoms with Crippen LogP contribution in [-0.2, 0) is 5.67 Å². The molecule has 3 heterocycles. The van der Waals surface area contributed by atoms with Gasteiger partial charge >= 0.3 is 6.03 Å². The number of piperidine rings is 1. The molecule has 0 atom stereocenters. The molecule has 1 aliphatic rings. The van der Waals surface area contributed by atoms with Crippen LogP contribution in [0.2, 0.25) is 0 Å². The van der Waals surface area contributed by atoms with Gasteiger partial charge in [0.15, 0.2) is 5.67 Å². The molecule has 1 saturated heterocycles. The van der Waals surface area contributed by atoms with Gasteiger partial charge in [0.1, 0.15) is 0 Å². The molecule has 0 aliphatic carbocycles. The Morgan fingerprint density at radius 2 is 1.79 bits per heavy atom. The fourth-order valence-corrected chi connectivity index (χ4v) is 3.55. The van der Waals surface area contributed by atoms with Crippen LogP contribution in [0.3, 0.4) is 0 Å². The summed E-state index contributed by atoms with van der Waals surface area (Å²) < 4.78 is 20.6. The van der Waals surface area contributed by atoms with Crippen molar-refractivity contribution in [3.05, 3.63) is 59.7 Å². The Morgan fingerprint density at radius 1 is 1.14 bits per heavy atom. The molecule has 1 fully saturated rings. The Morgan fingerprint density at radius 3 is 2.45 bits per heavy atom. The molecule has 7 nitrogen and oxygen atoms in total. The average molecular weight is 395 g/mol. The Labute approximate surface area is 168 Å². The summed E-state index contributed by atoms with van der Waals surface area (Å²) in [6.45, 7) is 4.48. The fourth-order valence-electron chi connectivity index (χ4n) is 3.55. The number of nitrogens with zero attached hydrogens (tertiary/aromatic N) is 4. The molecule has 3 aromatic rings. The molecule has 2 aromatic heterocycles. The van der Waals surface area contributed by atoms with Crippen LogP contribution in [0, 0.1) is 13.8 Å². The van der Waals surface area contributed by atoms with Crippen molar-refractivity contribution in [2.75, 3.05) is 18.4 Å². The van der Waals surface area contributed by atoms with E-state index in [-0.39, 0.29) is 37.9 Å². The quantitative estimate of drug-likeness (QED) is 0.717. The lowest BCUT2D eigenvalue weighted by atomic mass is 9.93. The summed E-state index contributed by atoms with van der Waals surface area (Å²) in [4.78, 5) is 22.3. The van der Waals surface area contributed by atoms with E-state index in [1.54, 1.807) is 29.4 Å². The molecule has 0 spiro atoms. The van der Waals surface area contributed by atoms with E-state index in [0.717, 1.165) is 16.8 Å². The van der Waals surface area contributed by atoms with Crippen LogP contribution in [-0.4, -0.2) is 39.1 Å². The molecular formula is C21H22FN5O2. The van der Waals surface area contributed by atoms with Crippen molar-refractivity contribution >= 4 is 11.7 Å². The second kappa shape index (κ2) is 7.62. The molecule has 0 unspecified atom stereocenters. The highest BCUT2D eigenvalue weighted by Gasteiger charge is 2.42. The van der Waals surface area contributed by atoms with E-state index < -0.39 is 5.67 Å². The maximum Gasteiger partial charge on any atom is 0.321 e. The molecule has 150 valence electrons. The first-order valence-corrected chi connectivity index (χ1v) is 9.51. The summed E-state index contributed by atoms with van der Waals surface area (Å²) in [6.07, 6.45) is 3.43. The van der Waals surface area contributed by atoms with Gasteiger partial charge in [-0.15, -0.1) is 0 Å². The molecule has 29 heavy (non-hydrogen) atoms.